The third-order valence-electron chi connectivity index (χ3n) is 7.82. The molecule has 1 aliphatic carbocycles. The number of carbonyl (C=O) groups is 2. The van der Waals surface area contributed by atoms with Gasteiger partial charge in [0.15, 0.2) is 0 Å². The van der Waals surface area contributed by atoms with Crippen molar-refractivity contribution in [3.05, 3.63) is 53.8 Å². The Kier molecular flexibility index (Phi) is 9.88. The van der Waals surface area contributed by atoms with Gasteiger partial charge in [-0.05, 0) is 62.2 Å². The summed E-state index contributed by atoms with van der Waals surface area (Å²) in [7, 11) is -2.52. The summed E-state index contributed by atoms with van der Waals surface area (Å²) in [4.78, 5) is 27.8. The predicted molar refractivity (Wildman–Crippen MR) is 153 cm³/mol. The highest BCUT2D eigenvalue weighted by Gasteiger charge is 2.35. The van der Waals surface area contributed by atoms with Gasteiger partial charge in [0, 0.05) is 31.2 Å². The molecule has 2 aliphatic rings. The molecule has 3 N–H and O–H groups in total. The molecule has 0 unspecified atom stereocenters. The van der Waals surface area contributed by atoms with Crippen LogP contribution in [0.2, 0.25) is 0 Å². The van der Waals surface area contributed by atoms with Gasteiger partial charge in [0.05, 0.1) is 29.7 Å². The van der Waals surface area contributed by atoms with Gasteiger partial charge in [-0.2, -0.15) is 4.31 Å². The number of ether oxygens (including phenoxy) is 1. The third-order valence-corrected chi connectivity index (χ3v) is 9.66. The Morgan fingerprint density at radius 1 is 1.17 bits per heavy atom. The van der Waals surface area contributed by atoms with Crippen LogP contribution in [0.4, 0.5) is 14.9 Å². The van der Waals surface area contributed by atoms with E-state index < -0.39 is 28.0 Å². The van der Waals surface area contributed by atoms with E-state index in [9.17, 15) is 27.5 Å². The summed E-state index contributed by atoms with van der Waals surface area (Å²) in [5.74, 6) is -0.975. The van der Waals surface area contributed by atoms with Gasteiger partial charge in [0.25, 0.3) is 5.91 Å². The minimum atomic E-state index is -3.94. The molecule has 2 aromatic rings. The first-order chi connectivity index (χ1) is 19.5. The Labute approximate surface area is 240 Å². The number of aliphatic hydroxyl groups is 1. The molecule has 2 aromatic carbocycles. The number of amides is 3. The number of aliphatic hydroxyl groups excluding tert-OH is 1. The van der Waals surface area contributed by atoms with Crippen molar-refractivity contribution in [1.82, 2.24) is 14.5 Å². The average molecular weight is 591 g/mol. The summed E-state index contributed by atoms with van der Waals surface area (Å²) in [5, 5.41) is 15.7. The van der Waals surface area contributed by atoms with E-state index in [0.717, 1.165) is 42.1 Å². The zero-order valence-electron chi connectivity index (χ0n) is 23.7. The molecule has 3 amide bonds. The van der Waals surface area contributed by atoms with Crippen LogP contribution >= 0.6 is 0 Å². The Bertz CT molecular complexity index is 1330. The summed E-state index contributed by atoms with van der Waals surface area (Å²) in [6.07, 6.45) is 4.53. The molecule has 1 aliphatic heterocycles. The number of carbonyl (C=O) groups excluding carboxylic acids is 2. The number of nitrogens with zero attached hydrogens (tertiary/aromatic N) is 2. The van der Waals surface area contributed by atoms with E-state index in [4.69, 9.17) is 4.74 Å². The molecular weight excluding hydrogens is 551 g/mol. The molecule has 1 saturated carbocycles. The molecule has 0 aromatic heterocycles. The van der Waals surface area contributed by atoms with E-state index in [1.54, 1.807) is 30.0 Å². The van der Waals surface area contributed by atoms with Gasteiger partial charge in [-0.3, -0.25) is 4.79 Å². The number of benzene rings is 2. The fourth-order valence-corrected chi connectivity index (χ4v) is 6.44. The van der Waals surface area contributed by atoms with Gasteiger partial charge in [-0.15, -0.1) is 0 Å². The average Bonchev–Trinajstić information content (AvgIpc) is 2.95. The fraction of sp³-hybridized carbons (Fsp3) is 0.517. The van der Waals surface area contributed by atoms with Gasteiger partial charge in [-0.25, -0.2) is 17.6 Å². The van der Waals surface area contributed by atoms with E-state index in [1.165, 1.54) is 25.6 Å². The molecule has 12 heteroatoms. The van der Waals surface area contributed by atoms with E-state index in [1.807, 2.05) is 6.92 Å². The molecular formula is C29H39FN4O6S. The molecule has 10 nitrogen and oxygen atoms in total. The maximum atomic E-state index is 13.7. The Morgan fingerprint density at radius 3 is 2.51 bits per heavy atom. The lowest BCUT2D eigenvalue weighted by Gasteiger charge is -2.38. The van der Waals surface area contributed by atoms with E-state index in [2.05, 4.69) is 10.6 Å². The van der Waals surface area contributed by atoms with E-state index in [0.29, 0.717) is 5.69 Å². The number of nitrogens with one attached hydrogen (secondary N) is 2. The highest BCUT2D eigenvalue weighted by Crippen LogP contribution is 2.31. The minimum Gasteiger partial charge on any atom is -0.488 e. The predicted octanol–water partition coefficient (Wildman–Crippen LogP) is 3.82. The molecule has 224 valence electrons. The summed E-state index contributed by atoms with van der Waals surface area (Å²) in [5.41, 5.74) is 0.605. The van der Waals surface area contributed by atoms with E-state index in [-0.39, 0.29) is 59.8 Å². The van der Waals surface area contributed by atoms with Gasteiger partial charge >= 0.3 is 6.03 Å². The quantitative estimate of drug-likeness (QED) is 0.429. The minimum absolute atomic E-state index is 0.0420. The number of urea groups is 1. The lowest BCUT2D eigenvalue weighted by molar-refractivity contribution is 0.0387. The zero-order chi connectivity index (χ0) is 29.7. The van der Waals surface area contributed by atoms with Crippen molar-refractivity contribution in [3.8, 4) is 5.75 Å². The van der Waals surface area contributed by atoms with Crippen molar-refractivity contribution in [2.24, 2.45) is 5.92 Å². The molecule has 0 bridgehead atoms. The summed E-state index contributed by atoms with van der Waals surface area (Å²) in [6, 6.07) is 8.62. The SMILES string of the molecule is C[C@@H]1CN([C@@H](C)CO)C(=O)c2cc(NC(=O)NC3CCCCC3)ccc2O[C@H]1CN(C)S(=O)(=O)c1ccc(F)cc1. The van der Waals surface area contributed by atoms with Crippen molar-refractivity contribution in [3.63, 3.8) is 0 Å². The Hall–Kier alpha value is -3.22. The highest BCUT2D eigenvalue weighted by molar-refractivity contribution is 7.89. The number of sulfonamides is 1. The maximum Gasteiger partial charge on any atom is 0.319 e. The summed E-state index contributed by atoms with van der Waals surface area (Å²) in [6.45, 7) is 3.48. The zero-order valence-corrected chi connectivity index (χ0v) is 24.5. The molecule has 0 radical (unpaired) electrons. The number of likely N-dealkylation sites (N-methyl/N-ethyl adjacent to an activating group) is 1. The molecule has 41 heavy (non-hydrogen) atoms. The van der Waals surface area contributed by atoms with Crippen molar-refractivity contribution < 1.29 is 32.2 Å². The second-order valence-electron chi connectivity index (χ2n) is 11.0. The number of hydrogen-bond acceptors (Lipinski definition) is 6. The molecule has 0 saturated heterocycles. The first-order valence-corrected chi connectivity index (χ1v) is 15.5. The number of fused-ring (bicyclic) bond motifs is 1. The van der Waals surface area contributed by atoms with Crippen molar-refractivity contribution >= 4 is 27.6 Å². The smallest absolute Gasteiger partial charge is 0.319 e. The Morgan fingerprint density at radius 2 is 1.85 bits per heavy atom. The number of halogens is 1. The van der Waals surface area contributed by atoms with Crippen LogP contribution in [-0.2, 0) is 10.0 Å². The first kappa shape index (κ1) is 30.7. The van der Waals surface area contributed by atoms with Crippen LogP contribution in [-0.4, -0.2) is 79.6 Å². The van der Waals surface area contributed by atoms with Crippen LogP contribution in [0.25, 0.3) is 0 Å². The summed E-state index contributed by atoms with van der Waals surface area (Å²) < 4.78 is 47.2. The molecule has 4 rings (SSSR count). The van der Waals surface area contributed by atoms with Crippen LogP contribution in [0.1, 0.15) is 56.3 Å². The number of rotatable bonds is 8. The lowest BCUT2D eigenvalue weighted by atomic mass is 9.96. The topological polar surface area (TPSA) is 128 Å². The number of hydrogen-bond donors (Lipinski definition) is 3. The van der Waals surface area contributed by atoms with Crippen molar-refractivity contribution in [1.29, 1.82) is 0 Å². The molecule has 1 fully saturated rings. The Balaban J connectivity index is 1.59. The van der Waals surface area contributed by atoms with Gasteiger partial charge in [-0.1, -0.05) is 26.2 Å². The van der Waals surface area contributed by atoms with Crippen LogP contribution in [0.5, 0.6) is 5.75 Å². The molecule has 3 atom stereocenters. The van der Waals surface area contributed by atoms with Crippen molar-refractivity contribution in [2.75, 3.05) is 32.1 Å². The highest BCUT2D eigenvalue weighted by atomic mass is 32.2. The maximum absolute atomic E-state index is 13.7. The van der Waals surface area contributed by atoms with Crippen molar-refractivity contribution in [2.45, 2.75) is 69.0 Å². The fourth-order valence-electron chi connectivity index (χ4n) is 5.26. The van der Waals surface area contributed by atoms with Gasteiger partial charge in [0.1, 0.15) is 17.7 Å². The van der Waals surface area contributed by atoms with E-state index >= 15 is 0 Å². The van der Waals surface area contributed by atoms with Crippen LogP contribution in [0, 0.1) is 11.7 Å². The summed E-state index contributed by atoms with van der Waals surface area (Å²) >= 11 is 0. The number of anilines is 1. The largest absolute Gasteiger partial charge is 0.488 e. The standard InChI is InChI=1S/C29H39FN4O6S/c1-19-16-34(20(2)18-35)28(36)25-15-23(32-29(37)31-22-7-5-4-6-8-22)11-14-26(25)40-27(19)17-33(3)41(38,39)24-12-9-21(30)10-13-24/h9-15,19-20,22,27,35H,4-8,16-18H2,1-3H3,(H2,31,32,37)/t19-,20+,27+/m1/s1. The molecule has 1 heterocycles. The second kappa shape index (κ2) is 13.2. The second-order valence-corrected chi connectivity index (χ2v) is 13.1. The molecule has 0 spiro atoms. The van der Waals surface area contributed by atoms with Crippen LogP contribution in [0.15, 0.2) is 47.4 Å². The van der Waals surface area contributed by atoms with Gasteiger partial charge in [0.2, 0.25) is 10.0 Å². The monoisotopic (exact) mass is 590 g/mol. The normalized spacial score (nSPS) is 20.9. The van der Waals surface area contributed by atoms with Gasteiger partial charge < -0.3 is 25.4 Å². The lowest BCUT2D eigenvalue weighted by Crippen LogP contribution is -2.50. The van der Waals surface area contributed by atoms with Crippen LogP contribution < -0.4 is 15.4 Å². The van der Waals surface area contributed by atoms with Crippen LogP contribution in [0.3, 0.4) is 0 Å². The third kappa shape index (κ3) is 7.35. The first-order valence-electron chi connectivity index (χ1n) is 14.0.